The minimum absolute atomic E-state index is 0.575. The van der Waals surface area contributed by atoms with Crippen LogP contribution in [-0.4, -0.2) is 18.1 Å². The van der Waals surface area contributed by atoms with Crippen molar-refractivity contribution in [1.82, 2.24) is 10.3 Å². The van der Waals surface area contributed by atoms with Gasteiger partial charge in [0.15, 0.2) is 0 Å². The Bertz CT molecular complexity index is 355. The molecule has 1 aliphatic carbocycles. The Labute approximate surface area is 119 Å². The molecule has 100 valence electrons. The standard InChI is InChI=1S/C15H23BrN2/c1-11-3-5-12(6-4-11)15(17-2)9-14-8-7-13(16)10-18-14/h7-8,10-12,15,17H,3-6,9H2,1-2H3. The third kappa shape index (κ3) is 3.79. The van der Waals surface area contributed by atoms with Gasteiger partial charge in [0, 0.05) is 28.8 Å². The molecule has 0 saturated heterocycles. The zero-order valence-electron chi connectivity index (χ0n) is 11.3. The van der Waals surface area contributed by atoms with E-state index in [2.05, 4.69) is 52.3 Å². The molecule has 2 nitrogen and oxygen atoms in total. The highest BCUT2D eigenvalue weighted by atomic mass is 79.9. The monoisotopic (exact) mass is 310 g/mol. The van der Waals surface area contributed by atoms with Crippen molar-refractivity contribution in [2.75, 3.05) is 7.05 Å². The molecule has 0 bridgehead atoms. The molecular weight excluding hydrogens is 288 g/mol. The number of likely N-dealkylation sites (N-methyl/N-ethyl adjacent to an activating group) is 1. The van der Waals surface area contributed by atoms with Crippen LogP contribution in [0.1, 0.15) is 38.3 Å². The lowest BCUT2D eigenvalue weighted by molar-refractivity contribution is 0.234. The van der Waals surface area contributed by atoms with Gasteiger partial charge in [0.25, 0.3) is 0 Å². The maximum atomic E-state index is 4.49. The number of nitrogens with one attached hydrogen (secondary N) is 1. The highest BCUT2D eigenvalue weighted by Gasteiger charge is 2.25. The van der Waals surface area contributed by atoms with Crippen molar-refractivity contribution in [3.05, 3.63) is 28.5 Å². The normalized spacial score (nSPS) is 25.9. The van der Waals surface area contributed by atoms with Gasteiger partial charge < -0.3 is 5.32 Å². The Morgan fingerprint density at radius 3 is 2.61 bits per heavy atom. The molecule has 1 atom stereocenters. The number of aromatic nitrogens is 1. The Morgan fingerprint density at radius 1 is 1.33 bits per heavy atom. The van der Waals surface area contributed by atoms with Crippen LogP contribution in [0, 0.1) is 11.8 Å². The van der Waals surface area contributed by atoms with Crippen molar-refractivity contribution in [1.29, 1.82) is 0 Å². The largest absolute Gasteiger partial charge is 0.316 e. The first-order valence-electron chi connectivity index (χ1n) is 6.96. The molecule has 2 rings (SSSR count). The fraction of sp³-hybridized carbons (Fsp3) is 0.667. The van der Waals surface area contributed by atoms with Gasteiger partial charge in [0.2, 0.25) is 0 Å². The van der Waals surface area contributed by atoms with Crippen molar-refractivity contribution in [3.8, 4) is 0 Å². The van der Waals surface area contributed by atoms with Crippen LogP contribution in [0.3, 0.4) is 0 Å². The predicted octanol–water partition coefficient (Wildman–Crippen LogP) is 3.80. The molecule has 1 heterocycles. The molecule has 0 spiro atoms. The summed E-state index contributed by atoms with van der Waals surface area (Å²) in [5.74, 6) is 1.74. The number of nitrogens with zero attached hydrogens (tertiary/aromatic N) is 1. The van der Waals surface area contributed by atoms with E-state index in [-0.39, 0.29) is 0 Å². The van der Waals surface area contributed by atoms with E-state index in [9.17, 15) is 0 Å². The topological polar surface area (TPSA) is 24.9 Å². The zero-order chi connectivity index (χ0) is 13.0. The van der Waals surface area contributed by atoms with E-state index >= 15 is 0 Å². The van der Waals surface area contributed by atoms with Crippen LogP contribution in [-0.2, 0) is 6.42 Å². The van der Waals surface area contributed by atoms with E-state index in [0.717, 1.165) is 22.7 Å². The van der Waals surface area contributed by atoms with Gasteiger partial charge in [-0.3, -0.25) is 4.98 Å². The summed E-state index contributed by atoms with van der Waals surface area (Å²) in [5.41, 5.74) is 1.19. The van der Waals surface area contributed by atoms with Gasteiger partial charge in [0.1, 0.15) is 0 Å². The summed E-state index contributed by atoms with van der Waals surface area (Å²) >= 11 is 3.43. The van der Waals surface area contributed by atoms with Crippen molar-refractivity contribution in [3.63, 3.8) is 0 Å². The van der Waals surface area contributed by atoms with Gasteiger partial charge >= 0.3 is 0 Å². The number of hydrogen-bond acceptors (Lipinski definition) is 2. The molecule has 18 heavy (non-hydrogen) atoms. The summed E-state index contributed by atoms with van der Waals surface area (Å²) in [4.78, 5) is 4.49. The Kier molecular flexibility index (Phi) is 5.19. The van der Waals surface area contributed by atoms with Crippen LogP contribution in [0.2, 0.25) is 0 Å². The lowest BCUT2D eigenvalue weighted by Crippen LogP contribution is -2.37. The highest BCUT2D eigenvalue weighted by Crippen LogP contribution is 2.31. The second-order valence-electron chi connectivity index (χ2n) is 5.59. The molecule has 0 aliphatic heterocycles. The predicted molar refractivity (Wildman–Crippen MR) is 79.6 cm³/mol. The van der Waals surface area contributed by atoms with E-state index in [4.69, 9.17) is 0 Å². The Morgan fingerprint density at radius 2 is 2.06 bits per heavy atom. The average molecular weight is 311 g/mol. The second kappa shape index (κ2) is 6.67. The molecule has 1 aliphatic rings. The first-order valence-corrected chi connectivity index (χ1v) is 7.76. The average Bonchev–Trinajstić information content (AvgIpc) is 2.39. The maximum Gasteiger partial charge on any atom is 0.0420 e. The summed E-state index contributed by atoms with van der Waals surface area (Å²) < 4.78 is 1.05. The van der Waals surface area contributed by atoms with Crippen molar-refractivity contribution in [2.24, 2.45) is 11.8 Å². The smallest absolute Gasteiger partial charge is 0.0420 e. The summed E-state index contributed by atoms with van der Waals surface area (Å²) in [6.07, 6.45) is 8.44. The molecule has 1 saturated carbocycles. The molecule has 0 radical (unpaired) electrons. The van der Waals surface area contributed by atoms with Crippen LogP contribution in [0.5, 0.6) is 0 Å². The van der Waals surface area contributed by atoms with E-state index in [1.54, 1.807) is 0 Å². The van der Waals surface area contributed by atoms with E-state index in [0.29, 0.717) is 6.04 Å². The van der Waals surface area contributed by atoms with Gasteiger partial charge in [-0.05, 0) is 59.8 Å². The summed E-state index contributed by atoms with van der Waals surface area (Å²) in [7, 11) is 2.08. The third-order valence-electron chi connectivity index (χ3n) is 4.22. The molecule has 1 aromatic rings. The van der Waals surface area contributed by atoms with Gasteiger partial charge in [-0.1, -0.05) is 19.8 Å². The van der Waals surface area contributed by atoms with Gasteiger partial charge in [-0.25, -0.2) is 0 Å². The summed E-state index contributed by atoms with van der Waals surface area (Å²) in [6, 6.07) is 4.78. The minimum Gasteiger partial charge on any atom is -0.316 e. The fourth-order valence-electron chi connectivity index (χ4n) is 2.95. The highest BCUT2D eigenvalue weighted by molar-refractivity contribution is 9.10. The molecule has 1 unspecified atom stereocenters. The van der Waals surface area contributed by atoms with Gasteiger partial charge in [0.05, 0.1) is 0 Å². The van der Waals surface area contributed by atoms with Crippen LogP contribution in [0.4, 0.5) is 0 Å². The lowest BCUT2D eigenvalue weighted by atomic mass is 9.78. The molecule has 0 amide bonds. The zero-order valence-corrected chi connectivity index (χ0v) is 12.9. The van der Waals surface area contributed by atoms with Crippen LogP contribution >= 0.6 is 15.9 Å². The van der Waals surface area contributed by atoms with E-state index < -0.39 is 0 Å². The van der Waals surface area contributed by atoms with Crippen molar-refractivity contribution >= 4 is 15.9 Å². The molecule has 0 aromatic carbocycles. The number of rotatable bonds is 4. The van der Waals surface area contributed by atoms with Crippen LogP contribution in [0.15, 0.2) is 22.8 Å². The lowest BCUT2D eigenvalue weighted by Gasteiger charge is -2.32. The number of halogens is 1. The fourth-order valence-corrected chi connectivity index (χ4v) is 3.18. The first kappa shape index (κ1) is 14.0. The summed E-state index contributed by atoms with van der Waals surface area (Å²) in [6.45, 7) is 2.38. The van der Waals surface area contributed by atoms with Crippen molar-refractivity contribution < 1.29 is 0 Å². The Balaban J connectivity index is 1.94. The molecule has 1 aromatic heterocycles. The third-order valence-corrected chi connectivity index (χ3v) is 4.69. The second-order valence-corrected chi connectivity index (χ2v) is 6.50. The van der Waals surface area contributed by atoms with Crippen LogP contribution < -0.4 is 5.32 Å². The van der Waals surface area contributed by atoms with Crippen molar-refractivity contribution in [2.45, 2.75) is 45.1 Å². The summed E-state index contributed by atoms with van der Waals surface area (Å²) in [5, 5.41) is 3.50. The quantitative estimate of drug-likeness (QED) is 0.915. The molecule has 1 N–H and O–H groups in total. The number of pyridine rings is 1. The van der Waals surface area contributed by atoms with E-state index in [1.165, 1.54) is 31.4 Å². The number of hydrogen-bond donors (Lipinski definition) is 1. The van der Waals surface area contributed by atoms with Gasteiger partial charge in [-0.15, -0.1) is 0 Å². The SMILES string of the molecule is CNC(Cc1ccc(Br)cn1)C1CCC(C)CC1. The first-order chi connectivity index (χ1) is 8.69. The van der Waals surface area contributed by atoms with E-state index in [1.807, 2.05) is 6.20 Å². The minimum atomic E-state index is 0.575. The molecule has 3 heteroatoms. The van der Waals surface area contributed by atoms with Gasteiger partial charge in [-0.2, -0.15) is 0 Å². The van der Waals surface area contributed by atoms with Crippen LogP contribution in [0.25, 0.3) is 0 Å². The molecular formula is C15H23BrN2. The molecule has 1 fully saturated rings. The maximum absolute atomic E-state index is 4.49. The Hall–Kier alpha value is -0.410.